The molecule has 0 aliphatic heterocycles. The van der Waals surface area contributed by atoms with Gasteiger partial charge >= 0.3 is 0 Å². The number of nitrogens with zero attached hydrogens (tertiary/aromatic N) is 3. The van der Waals surface area contributed by atoms with E-state index in [1.807, 2.05) is 25.1 Å². The normalized spacial score (nSPS) is 10.5. The predicted molar refractivity (Wildman–Crippen MR) is 87.3 cm³/mol. The largest absolute Gasteiger partial charge is 0.305 e. The maximum absolute atomic E-state index is 12.4. The van der Waals surface area contributed by atoms with Crippen LogP contribution in [0, 0.1) is 6.92 Å². The monoisotopic (exact) mass is 330 g/mol. The lowest BCUT2D eigenvalue weighted by Gasteiger charge is -2.04. The number of amides is 1. The number of hydrogen-bond donors (Lipinski definition) is 1. The van der Waals surface area contributed by atoms with E-state index in [9.17, 15) is 4.79 Å². The average molecular weight is 331 g/mol. The molecule has 110 valence electrons. The first-order valence-corrected chi connectivity index (χ1v) is 7.61. The van der Waals surface area contributed by atoms with E-state index in [-0.39, 0.29) is 11.6 Å². The van der Waals surface area contributed by atoms with Crippen LogP contribution in [0.2, 0.25) is 5.02 Å². The highest BCUT2D eigenvalue weighted by molar-refractivity contribution is 7.09. The second-order valence-corrected chi connectivity index (χ2v) is 5.82. The number of aryl methyl sites for hydroxylation is 1. The molecule has 0 aliphatic carbocycles. The van der Waals surface area contributed by atoms with Crippen molar-refractivity contribution in [2.45, 2.75) is 6.92 Å². The van der Waals surface area contributed by atoms with Crippen LogP contribution in [0.15, 0.2) is 42.6 Å². The molecule has 0 atom stereocenters. The lowest BCUT2D eigenvalue weighted by molar-refractivity contribution is 0.102. The summed E-state index contributed by atoms with van der Waals surface area (Å²) in [5, 5.41) is 7.30. The zero-order chi connectivity index (χ0) is 15.5. The molecule has 2 aromatic heterocycles. The van der Waals surface area contributed by atoms with E-state index >= 15 is 0 Å². The van der Waals surface area contributed by atoms with Crippen LogP contribution in [0.25, 0.3) is 10.4 Å². The maximum atomic E-state index is 12.4. The minimum atomic E-state index is -0.336. The molecule has 1 N–H and O–H groups in total. The summed E-state index contributed by atoms with van der Waals surface area (Å²) in [6, 6.07) is 10.8. The van der Waals surface area contributed by atoms with Gasteiger partial charge in [0.05, 0.1) is 4.88 Å². The van der Waals surface area contributed by atoms with Gasteiger partial charge in [-0.15, -0.1) is 5.10 Å². The number of carbonyl (C=O) groups is 1. The Hall–Kier alpha value is -2.31. The van der Waals surface area contributed by atoms with Crippen molar-refractivity contribution in [2.24, 2.45) is 0 Å². The first kappa shape index (κ1) is 14.6. The van der Waals surface area contributed by atoms with Crippen molar-refractivity contribution < 1.29 is 4.79 Å². The van der Waals surface area contributed by atoms with Crippen LogP contribution in [0.1, 0.15) is 16.1 Å². The van der Waals surface area contributed by atoms with Gasteiger partial charge in [0.1, 0.15) is 5.82 Å². The number of pyridine rings is 1. The number of rotatable bonds is 3. The fourth-order valence-electron chi connectivity index (χ4n) is 1.91. The number of benzene rings is 1. The van der Waals surface area contributed by atoms with Crippen molar-refractivity contribution in [1.82, 2.24) is 14.6 Å². The van der Waals surface area contributed by atoms with Gasteiger partial charge in [-0.2, -0.15) is 0 Å². The Morgan fingerprint density at radius 3 is 2.73 bits per heavy atom. The zero-order valence-corrected chi connectivity index (χ0v) is 13.1. The summed E-state index contributed by atoms with van der Waals surface area (Å²) in [7, 11) is 0. The highest BCUT2D eigenvalue weighted by atomic mass is 35.5. The summed E-state index contributed by atoms with van der Waals surface area (Å²) in [5.74, 6) is 0.150. The van der Waals surface area contributed by atoms with Crippen molar-refractivity contribution in [3.8, 4) is 10.4 Å². The fourth-order valence-corrected chi connectivity index (χ4v) is 2.70. The first-order valence-electron chi connectivity index (χ1n) is 6.46. The van der Waals surface area contributed by atoms with Crippen molar-refractivity contribution in [3.05, 3.63) is 58.9 Å². The van der Waals surface area contributed by atoms with Crippen LogP contribution in [-0.4, -0.2) is 20.5 Å². The molecule has 3 aromatic rings. The van der Waals surface area contributed by atoms with Gasteiger partial charge < -0.3 is 5.32 Å². The predicted octanol–water partition coefficient (Wildman–Crippen LogP) is 3.81. The Bertz CT molecular complexity index is 816. The molecule has 3 rings (SSSR count). The maximum Gasteiger partial charge on any atom is 0.278 e. The van der Waals surface area contributed by atoms with Crippen molar-refractivity contribution in [2.75, 3.05) is 5.32 Å². The summed E-state index contributed by atoms with van der Waals surface area (Å²) >= 11 is 7.05. The third-order valence-electron chi connectivity index (χ3n) is 2.97. The van der Waals surface area contributed by atoms with Gasteiger partial charge in [-0.3, -0.25) is 4.79 Å². The van der Waals surface area contributed by atoms with Gasteiger partial charge in [0, 0.05) is 11.2 Å². The second-order valence-electron chi connectivity index (χ2n) is 4.63. The molecule has 0 saturated carbocycles. The van der Waals surface area contributed by atoms with E-state index in [1.54, 1.807) is 24.4 Å². The highest BCUT2D eigenvalue weighted by Crippen LogP contribution is 2.27. The third-order valence-corrected chi connectivity index (χ3v) is 3.99. The summed E-state index contributed by atoms with van der Waals surface area (Å²) in [4.78, 5) is 17.2. The topological polar surface area (TPSA) is 67.8 Å². The highest BCUT2D eigenvalue weighted by Gasteiger charge is 2.18. The van der Waals surface area contributed by atoms with Gasteiger partial charge in [0.15, 0.2) is 5.69 Å². The molecule has 22 heavy (non-hydrogen) atoms. The van der Waals surface area contributed by atoms with Gasteiger partial charge in [-0.05, 0) is 53.8 Å². The summed E-state index contributed by atoms with van der Waals surface area (Å²) in [6.07, 6.45) is 1.64. The van der Waals surface area contributed by atoms with Crippen LogP contribution in [-0.2, 0) is 0 Å². The molecule has 0 aliphatic rings. The van der Waals surface area contributed by atoms with Crippen molar-refractivity contribution in [3.63, 3.8) is 0 Å². The van der Waals surface area contributed by atoms with Crippen molar-refractivity contribution in [1.29, 1.82) is 0 Å². The average Bonchev–Trinajstić information content (AvgIpc) is 2.97. The first-order chi connectivity index (χ1) is 10.6. The van der Waals surface area contributed by atoms with Gasteiger partial charge in [0.2, 0.25) is 0 Å². The number of nitrogens with one attached hydrogen (secondary N) is 1. The number of halogens is 1. The minimum absolute atomic E-state index is 0.274. The Labute approximate surface area is 136 Å². The quantitative estimate of drug-likeness (QED) is 0.792. The Morgan fingerprint density at radius 1 is 1.23 bits per heavy atom. The molecule has 1 amide bonds. The molecule has 0 bridgehead atoms. The number of anilines is 1. The van der Waals surface area contributed by atoms with E-state index in [0.717, 1.165) is 11.1 Å². The molecule has 2 heterocycles. The van der Waals surface area contributed by atoms with Gasteiger partial charge in [0.25, 0.3) is 5.91 Å². The summed E-state index contributed by atoms with van der Waals surface area (Å²) in [5.41, 5.74) is 2.14. The van der Waals surface area contributed by atoms with E-state index in [0.29, 0.717) is 15.7 Å². The van der Waals surface area contributed by atoms with E-state index in [1.165, 1.54) is 11.5 Å². The summed E-state index contributed by atoms with van der Waals surface area (Å²) < 4.78 is 3.88. The standard InChI is InChI=1S/C15H11ClN4OS/c1-9-6-7-17-12(8-9)18-15(21)13-14(22-20-19-13)10-2-4-11(16)5-3-10/h2-8H,1H3,(H,17,18,21). The Balaban J connectivity index is 1.88. The molecule has 0 radical (unpaired) electrons. The van der Waals surface area contributed by atoms with Crippen LogP contribution in [0.3, 0.4) is 0 Å². The molecular formula is C15H11ClN4OS. The molecule has 0 fully saturated rings. The second kappa shape index (κ2) is 6.21. The van der Waals surface area contributed by atoms with Gasteiger partial charge in [-0.25, -0.2) is 4.98 Å². The van der Waals surface area contributed by atoms with E-state index in [4.69, 9.17) is 11.6 Å². The summed E-state index contributed by atoms with van der Waals surface area (Å²) in [6.45, 7) is 1.93. The smallest absolute Gasteiger partial charge is 0.278 e. The number of carbonyl (C=O) groups excluding carboxylic acids is 1. The molecule has 0 spiro atoms. The van der Waals surface area contributed by atoms with Crippen LogP contribution in [0.5, 0.6) is 0 Å². The SMILES string of the molecule is Cc1ccnc(NC(=O)c2nnsc2-c2ccc(Cl)cc2)c1. The zero-order valence-electron chi connectivity index (χ0n) is 11.6. The van der Waals surface area contributed by atoms with Crippen LogP contribution >= 0.6 is 23.1 Å². The fraction of sp³-hybridized carbons (Fsp3) is 0.0667. The lowest BCUT2D eigenvalue weighted by Crippen LogP contribution is -2.14. The van der Waals surface area contributed by atoms with E-state index < -0.39 is 0 Å². The lowest BCUT2D eigenvalue weighted by atomic mass is 10.1. The van der Waals surface area contributed by atoms with Gasteiger partial charge in [-0.1, -0.05) is 28.2 Å². The number of hydrogen-bond acceptors (Lipinski definition) is 5. The Kier molecular flexibility index (Phi) is 4.13. The minimum Gasteiger partial charge on any atom is -0.305 e. The third kappa shape index (κ3) is 3.13. The van der Waals surface area contributed by atoms with E-state index in [2.05, 4.69) is 19.9 Å². The molecule has 7 heteroatoms. The Morgan fingerprint density at radius 2 is 2.00 bits per heavy atom. The van der Waals surface area contributed by atoms with Crippen LogP contribution < -0.4 is 5.32 Å². The molecule has 0 saturated heterocycles. The molecule has 5 nitrogen and oxygen atoms in total. The number of aromatic nitrogens is 3. The molecular weight excluding hydrogens is 320 g/mol. The van der Waals surface area contributed by atoms with Crippen molar-refractivity contribution >= 4 is 34.9 Å². The molecule has 0 unspecified atom stereocenters. The van der Waals surface area contributed by atoms with Crippen LogP contribution in [0.4, 0.5) is 5.82 Å². The molecule has 1 aromatic carbocycles.